The molecule has 50 valence electrons. The molecule has 1 nitrogen and oxygen atoms in total. The summed E-state index contributed by atoms with van der Waals surface area (Å²) in [6.07, 6.45) is 7.73. The monoisotopic (exact) mass is 159 g/mol. The standard InChI is InChI=1S/C6H9NS2/c1-7-5-3-2-4-6(7,8)9/h2-5,8-9H,1H3. The SMILES string of the molecule is CN1C=CC=CC1(S)S. The van der Waals surface area contributed by atoms with Gasteiger partial charge in [-0.1, -0.05) is 6.08 Å². The lowest BCUT2D eigenvalue weighted by Gasteiger charge is -2.31. The van der Waals surface area contributed by atoms with Gasteiger partial charge in [0.15, 0.2) is 0 Å². The average molecular weight is 159 g/mol. The van der Waals surface area contributed by atoms with Crippen LogP contribution in [0.1, 0.15) is 0 Å². The molecule has 9 heavy (non-hydrogen) atoms. The molecule has 0 spiro atoms. The lowest BCUT2D eigenvalue weighted by Crippen LogP contribution is -2.31. The summed E-state index contributed by atoms with van der Waals surface area (Å²) in [5.41, 5.74) is 0. The number of nitrogens with zero attached hydrogens (tertiary/aromatic N) is 1. The first-order valence-electron chi connectivity index (χ1n) is 2.66. The Bertz CT molecular complexity index is 160. The number of likely N-dealkylation sites (N-methyl/N-ethyl adjacent to an activating group) is 1. The maximum atomic E-state index is 4.26. The van der Waals surface area contributed by atoms with Crippen LogP contribution in [0.25, 0.3) is 0 Å². The van der Waals surface area contributed by atoms with E-state index in [-0.39, 0.29) is 0 Å². The normalized spacial score (nSPS) is 22.8. The molecule has 3 heteroatoms. The maximum absolute atomic E-state index is 4.26. The van der Waals surface area contributed by atoms with Crippen molar-refractivity contribution in [3.05, 3.63) is 24.4 Å². The predicted molar refractivity (Wildman–Crippen MR) is 46.7 cm³/mol. The van der Waals surface area contributed by atoms with Crippen LogP contribution in [0, 0.1) is 0 Å². The van der Waals surface area contributed by atoms with Gasteiger partial charge >= 0.3 is 0 Å². The number of hydrogen-bond donors (Lipinski definition) is 2. The minimum atomic E-state index is -0.408. The molecule has 1 heterocycles. The quantitative estimate of drug-likeness (QED) is 0.400. The molecule has 0 aromatic heterocycles. The Morgan fingerprint density at radius 2 is 2.00 bits per heavy atom. The summed E-state index contributed by atoms with van der Waals surface area (Å²) < 4.78 is -0.408. The first-order valence-corrected chi connectivity index (χ1v) is 3.56. The van der Waals surface area contributed by atoms with Crippen LogP contribution in [0.5, 0.6) is 0 Å². The number of rotatable bonds is 0. The molecule has 0 aromatic rings. The zero-order valence-corrected chi connectivity index (χ0v) is 6.94. The van der Waals surface area contributed by atoms with Gasteiger partial charge < -0.3 is 4.90 Å². The minimum absolute atomic E-state index is 0.408. The molecule has 0 bridgehead atoms. The fraction of sp³-hybridized carbons (Fsp3) is 0.333. The van der Waals surface area contributed by atoms with E-state index in [2.05, 4.69) is 25.3 Å². The molecule has 0 aliphatic carbocycles. The fourth-order valence-corrected chi connectivity index (χ4v) is 0.896. The number of hydrogen-bond acceptors (Lipinski definition) is 3. The highest BCUT2D eigenvalue weighted by Gasteiger charge is 2.20. The van der Waals surface area contributed by atoms with Crippen molar-refractivity contribution in [2.75, 3.05) is 7.05 Å². The van der Waals surface area contributed by atoms with Crippen LogP contribution in [0.15, 0.2) is 24.4 Å². The largest absolute Gasteiger partial charge is 0.355 e. The Hall–Kier alpha value is -0.0200. The van der Waals surface area contributed by atoms with Crippen LogP contribution in [-0.2, 0) is 0 Å². The maximum Gasteiger partial charge on any atom is 0.146 e. The van der Waals surface area contributed by atoms with Crippen molar-refractivity contribution < 1.29 is 0 Å². The molecule has 0 saturated heterocycles. The molecule has 0 amide bonds. The molecule has 1 aliphatic heterocycles. The lowest BCUT2D eigenvalue weighted by molar-refractivity contribution is 0.448. The van der Waals surface area contributed by atoms with E-state index >= 15 is 0 Å². The third-order valence-corrected chi connectivity index (χ3v) is 2.19. The van der Waals surface area contributed by atoms with E-state index in [9.17, 15) is 0 Å². The van der Waals surface area contributed by atoms with Gasteiger partial charge in [0.05, 0.1) is 0 Å². The molecule has 0 aromatic carbocycles. The molecule has 1 aliphatic rings. The Kier molecular flexibility index (Phi) is 1.82. The van der Waals surface area contributed by atoms with Crippen molar-refractivity contribution in [2.45, 2.75) is 4.20 Å². The number of thiol groups is 2. The van der Waals surface area contributed by atoms with Gasteiger partial charge in [-0.05, 0) is 12.2 Å². The summed E-state index contributed by atoms with van der Waals surface area (Å²) in [4.78, 5) is 1.92. The van der Waals surface area contributed by atoms with Crippen LogP contribution in [0.2, 0.25) is 0 Å². The van der Waals surface area contributed by atoms with Crippen LogP contribution in [-0.4, -0.2) is 16.2 Å². The molecule has 0 atom stereocenters. The second-order valence-electron chi connectivity index (χ2n) is 2.00. The van der Waals surface area contributed by atoms with Crippen LogP contribution < -0.4 is 0 Å². The first kappa shape index (κ1) is 7.09. The molecular formula is C6H9NS2. The molecule has 0 fully saturated rings. The molecule has 1 rings (SSSR count). The summed E-state index contributed by atoms with van der Waals surface area (Å²) in [5, 5.41) is 0. The zero-order chi connectivity index (χ0) is 6.91. The van der Waals surface area contributed by atoms with Crippen molar-refractivity contribution in [3.63, 3.8) is 0 Å². The first-order chi connectivity index (χ1) is 4.13. The van der Waals surface area contributed by atoms with Gasteiger partial charge in [-0.25, -0.2) is 0 Å². The summed E-state index contributed by atoms with van der Waals surface area (Å²) in [7, 11) is 1.93. The van der Waals surface area contributed by atoms with Gasteiger partial charge in [-0.2, -0.15) is 0 Å². The Labute approximate surface area is 66.2 Å². The average Bonchev–Trinajstić information content (AvgIpc) is 1.77. The van der Waals surface area contributed by atoms with Crippen LogP contribution >= 0.6 is 25.3 Å². The molecule has 0 unspecified atom stereocenters. The van der Waals surface area contributed by atoms with E-state index in [1.807, 2.05) is 36.4 Å². The third-order valence-electron chi connectivity index (χ3n) is 1.26. The highest BCUT2D eigenvalue weighted by Crippen LogP contribution is 2.27. The second kappa shape index (κ2) is 2.31. The Morgan fingerprint density at radius 3 is 2.33 bits per heavy atom. The van der Waals surface area contributed by atoms with E-state index in [0.717, 1.165) is 0 Å². The van der Waals surface area contributed by atoms with Gasteiger partial charge in [0.1, 0.15) is 4.20 Å². The van der Waals surface area contributed by atoms with E-state index in [4.69, 9.17) is 0 Å². The van der Waals surface area contributed by atoms with E-state index in [1.165, 1.54) is 0 Å². The van der Waals surface area contributed by atoms with Crippen molar-refractivity contribution in [2.24, 2.45) is 0 Å². The molecule has 0 radical (unpaired) electrons. The Balaban J connectivity index is 2.78. The van der Waals surface area contributed by atoms with E-state index in [0.29, 0.717) is 0 Å². The minimum Gasteiger partial charge on any atom is -0.355 e. The highest BCUT2D eigenvalue weighted by molar-refractivity contribution is 8.00. The lowest BCUT2D eigenvalue weighted by atomic mass is 10.4. The van der Waals surface area contributed by atoms with Gasteiger partial charge in [0.2, 0.25) is 0 Å². The topological polar surface area (TPSA) is 3.24 Å². The molecule has 0 saturated carbocycles. The second-order valence-corrected chi connectivity index (χ2v) is 3.72. The van der Waals surface area contributed by atoms with Crippen molar-refractivity contribution in [1.29, 1.82) is 0 Å². The van der Waals surface area contributed by atoms with Gasteiger partial charge in [-0.15, -0.1) is 25.3 Å². The zero-order valence-electron chi connectivity index (χ0n) is 5.15. The van der Waals surface area contributed by atoms with E-state index in [1.54, 1.807) is 0 Å². The van der Waals surface area contributed by atoms with Gasteiger partial charge in [0, 0.05) is 13.2 Å². The summed E-state index contributed by atoms with van der Waals surface area (Å²) >= 11 is 8.53. The van der Waals surface area contributed by atoms with Crippen LogP contribution in [0.4, 0.5) is 0 Å². The molecule has 0 N–H and O–H groups in total. The van der Waals surface area contributed by atoms with E-state index < -0.39 is 4.20 Å². The van der Waals surface area contributed by atoms with Gasteiger partial charge in [0.25, 0.3) is 0 Å². The predicted octanol–water partition coefficient (Wildman–Crippen LogP) is 1.52. The van der Waals surface area contributed by atoms with Gasteiger partial charge in [-0.3, -0.25) is 0 Å². The summed E-state index contributed by atoms with van der Waals surface area (Å²) in [5.74, 6) is 0. The third kappa shape index (κ3) is 1.46. The van der Waals surface area contributed by atoms with Crippen molar-refractivity contribution in [3.8, 4) is 0 Å². The number of allylic oxidation sites excluding steroid dienone is 2. The molecular weight excluding hydrogens is 150 g/mol. The highest BCUT2D eigenvalue weighted by atomic mass is 32.2. The van der Waals surface area contributed by atoms with Crippen molar-refractivity contribution >= 4 is 25.3 Å². The summed E-state index contributed by atoms with van der Waals surface area (Å²) in [6.45, 7) is 0. The smallest absolute Gasteiger partial charge is 0.146 e. The Morgan fingerprint density at radius 1 is 1.33 bits per heavy atom. The van der Waals surface area contributed by atoms with Crippen molar-refractivity contribution in [1.82, 2.24) is 4.90 Å². The summed E-state index contributed by atoms with van der Waals surface area (Å²) in [6, 6.07) is 0. The van der Waals surface area contributed by atoms with Crippen LogP contribution in [0.3, 0.4) is 0 Å². The fourth-order valence-electron chi connectivity index (χ4n) is 0.591.